The number of aryl methyl sites for hydroxylation is 2. The van der Waals surface area contributed by atoms with Gasteiger partial charge in [0.05, 0.1) is 11.4 Å². The number of aliphatic hydroxyl groups is 1. The van der Waals surface area contributed by atoms with Gasteiger partial charge in [0.15, 0.2) is 0 Å². The first-order chi connectivity index (χ1) is 9.60. The minimum Gasteiger partial charge on any atom is -0.384 e. The van der Waals surface area contributed by atoms with Gasteiger partial charge in [0.25, 0.3) is 5.91 Å². The number of carbonyl (C=O) groups excluding carboxylic acids is 1. The molecule has 2 N–H and O–H groups in total. The zero-order valence-electron chi connectivity index (χ0n) is 11.2. The Labute approximate surface area is 116 Å². The first-order valence-corrected chi connectivity index (χ1v) is 5.97. The van der Waals surface area contributed by atoms with Crippen molar-refractivity contribution in [3.8, 4) is 11.8 Å². The van der Waals surface area contributed by atoms with Gasteiger partial charge in [-0.15, -0.1) is 0 Å². The second kappa shape index (κ2) is 5.99. The van der Waals surface area contributed by atoms with Crippen molar-refractivity contribution >= 4 is 11.6 Å². The second-order valence-corrected chi connectivity index (χ2v) is 4.15. The van der Waals surface area contributed by atoms with Crippen LogP contribution in [0.1, 0.15) is 21.7 Å². The lowest BCUT2D eigenvalue weighted by molar-refractivity contribution is 0.102. The summed E-state index contributed by atoms with van der Waals surface area (Å²) in [6.45, 7) is 1.61. The number of hydrogen-bond acceptors (Lipinski definition) is 4. The van der Waals surface area contributed by atoms with Crippen LogP contribution in [0, 0.1) is 18.8 Å². The Bertz CT molecular complexity index is 677. The van der Waals surface area contributed by atoms with Crippen LogP contribution in [0.2, 0.25) is 0 Å². The smallest absolute Gasteiger partial charge is 0.274 e. The molecule has 0 fully saturated rings. The van der Waals surface area contributed by atoms with Gasteiger partial charge >= 0.3 is 0 Å². The van der Waals surface area contributed by atoms with Gasteiger partial charge in [-0.1, -0.05) is 11.8 Å². The topological polar surface area (TPSA) is 80.0 Å². The Hall–Kier alpha value is -2.65. The molecule has 0 aliphatic rings. The van der Waals surface area contributed by atoms with E-state index in [1.54, 1.807) is 30.1 Å². The third kappa shape index (κ3) is 3.22. The van der Waals surface area contributed by atoms with Gasteiger partial charge in [0.1, 0.15) is 12.3 Å². The van der Waals surface area contributed by atoms with E-state index < -0.39 is 0 Å². The SMILES string of the molecule is Cc1nn(C)cc1NC(=O)c1ccc(C#CCO)cn1. The minimum atomic E-state index is -0.303. The fourth-order valence-electron chi connectivity index (χ4n) is 1.65. The highest BCUT2D eigenvalue weighted by atomic mass is 16.2. The molecule has 0 unspecified atom stereocenters. The molecule has 0 atom stereocenters. The Balaban J connectivity index is 2.11. The maximum Gasteiger partial charge on any atom is 0.274 e. The van der Waals surface area contributed by atoms with Gasteiger partial charge in [-0.2, -0.15) is 5.10 Å². The van der Waals surface area contributed by atoms with Crippen molar-refractivity contribution in [3.63, 3.8) is 0 Å². The van der Waals surface area contributed by atoms with Crippen LogP contribution in [0.5, 0.6) is 0 Å². The molecule has 0 aliphatic heterocycles. The fraction of sp³-hybridized carbons (Fsp3) is 0.214. The summed E-state index contributed by atoms with van der Waals surface area (Å²) in [4.78, 5) is 16.1. The van der Waals surface area contributed by atoms with Gasteiger partial charge in [0.2, 0.25) is 0 Å². The molecule has 0 aromatic carbocycles. The summed E-state index contributed by atoms with van der Waals surface area (Å²) < 4.78 is 1.63. The van der Waals surface area contributed by atoms with Gasteiger partial charge in [-0.05, 0) is 19.1 Å². The van der Waals surface area contributed by atoms with Crippen LogP contribution in [0.4, 0.5) is 5.69 Å². The van der Waals surface area contributed by atoms with Crippen LogP contribution in [-0.2, 0) is 7.05 Å². The molecular formula is C14H14N4O2. The summed E-state index contributed by atoms with van der Waals surface area (Å²) in [5, 5.41) is 15.5. The molecular weight excluding hydrogens is 256 g/mol. The molecule has 1 amide bonds. The third-order valence-corrected chi connectivity index (χ3v) is 2.57. The predicted octanol–water partition coefficient (Wildman–Crippen LogP) is 0.720. The lowest BCUT2D eigenvalue weighted by Gasteiger charge is -2.02. The highest BCUT2D eigenvalue weighted by Crippen LogP contribution is 2.12. The maximum absolute atomic E-state index is 12.0. The molecule has 0 radical (unpaired) electrons. The average Bonchev–Trinajstić information content (AvgIpc) is 2.75. The molecule has 2 aromatic rings. The maximum atomic E-state index is 12.0. The molecule has 0 saturated heterocycles. The monoisotopic (exact) mass is 270 g/mol. The average molecular weight is 270 g/mol. The lowest BCUT2D eigenvalue weighted by atomic mass is 10.2. The highest BCUT2D eigenvalue weighted by Gasteiger charge is 2.10. The zero-order chi connectivity index (χ0) is 14.5. The summed E-state index contributed by atoms with van der Waals surface area (Å²) in [7, 11) is 1.79. The van der Waals surface area contributed by atoms with E-state index in [9.17, 15) is 4.79 Å². The molecule has 6 nitrogen and oxygen atoms in total. The van der Waals surface area contributed by atoms with Crippen LogP contribution in [0.15, 0.2) is 24.5 Å². The number of nitrogens with one attached hydrogen (secondary N) is 1. The normalized spacial score (nSPS) is 9.75. The number of amides is 1. The van der Waals surface area contributed by atoms with Crippen LogP contribution < -0.4 is 5.32 Å². The molecule has 2 rings (SSSR count). The first-order valence-electron chi connectivity index (χ1n) is 5.97. The van der Waals surface area contributed by atoms with E-state index in [0.29, 0.717) is 16.9 Å². The van der Waals surface area contributed by atoms with Crippen LogP contribution in [0.3, 0.4) is 0 Å². The molecule has 0 spiro atoms. The van der Waals surface area contributed by atoms with Crippen LogP contribution in [-0.4, -0.2) is 32.4 Å². The van der Waals surface area contributed by atoms with E-state index in [0.717, 1.165) is 5.69 Å². The van der Waals surface area contributed by atoms with Crippen molar-refractivity contribution in [3.05, 3.63) is 41.5 Å². The number of carbonyl (C=O) groups is 1. The lowest BCUT2D eigenvalue weighted by Crippen LogP contribution is -2.13. The van der Waals surface area contributed by atoms with Crippen molar-refractivity contribution in [1.29, 1.82) is 0 Å². The number of aromatic nitrogens is 3. The number of anilines is 1. The molecule has 20 heavy (non-hydrogen) atoms. The number of rotatable bonds is 2. The molecule has 2 heterocycles. The largest absolute Gasteiger partial charge is 0.384 e. The standard InChI is InChI=1S/C14H14N4O2/c1-10-13(9-18(2)17-10)16-14(20)12-6-5-11(8-15-12)4-3-7-19/h5-6,8-9,19H,7H2,1-2H3,(H,16,20). The highest BCUT2D eigenvalue weighted by molar-refractivity contribution is 6.03. The Morgan fingerprint density at radius 1 is 1.50 bits per heavy atom. The number of hydrogen-bond donors (Lipinski definition) is 2. The summed E-state index contributed by atoms with van der Waals surface area (Å²) in [5.41, 5.74) is 2.34. The number of aliphatic hydroxyl groups excluding tert-OH is 1. The van der Waals surface area contributed by atoms with Crippen LogP contribution in [0.25, 0.3) is 0 Å². The van der Waals surface area contributed by atoms with Gasteiger partial charge in [-0.25, -0.2) is 4.98 Å². The fourth-order valence-corrected chi connectivity index (χ4v) is 1.65. The van der Waals surface area contributed by atoms with Crippen molar-refractivity contribution in [2.24, 2.45) is 7.05 Å². The van der Waals surface area contributed by atoms with Crippen LogP contribution >= 0.6 is 0 Å². The molecule has 2 aromatic heterocycles. The predicted molar refractivity (Wildman–Crippen MR) is 74.1 cm³/mol. The van der Waals surface area contributed by atoms with E-state index >= 15 is 0 Å². The number of nitrogens with zero attached hydrogens (tertiary/aromatic N) is 3. The summed E-state index contributed by atoms with van der Waals surface area (Å²) in [6, 6.07) is 3.27. The summed E-state index contributed by atoms with van der Waals surface area (Å²) >= 11 is 0. The van der Waals surface area contributed by atoms with E-state index in [-0.39, 0.29) is 12.5 Å². The van der Waals surface area contributed by atoms with Crippen molar-refractivity contribution in [2.75, 3.05) is 11.9 Å². The number of pyridine rings is 1. The first kappa shape index (κ1) is 13.8. The third-order valence-electron chi connectivity index (χ3n) is 2.57. The molecule has 0 bridgehead atoms. The van der Waals surface area contributed by atoms with Crippen molar-refractivity contribution < 1.29 is 9.90 Å². The van der Waals surface area contributed by atoms with Gasteiger partial charge in [0, 0.05) is 25.0 Å². The zero-order valence-corrected chi connectivity index (χ0v) is 11.2. The van der Waals surface area contributed by atoms with E-state index in [1.807, 2.05) is 6.92 Å². The molecule has 102 valence electrons. The molecule has 0 saturated carbocycles. The van der Waals surface area contributed by atoms with E-state index in [4.69, 9.17) is 5.11 Å². The van der Waals surface area contributed by atoms with Crippen molar-refractivity contribution in [1.82, 2.24) is 14.8 Å². The van der Waals surface area contributed by atoms with E-state index in [2.05, 4.69) is 27.2 Å². The Morgan fingerprint density at radius 3 is 2.85 bits per heavy atom. The quantitative estimate of drug-likeness (QED) is 0.788. The molecule has 0 aliphatic carbocycles. The van der Waals surface area contributed by atoms with E-state index in [1.165, 1.54) is 6.20 Å². The summed E-state index contributed by atoms with van der Waals surface area (Å²) in [6.07, 6.45) is 3.22. The van der Waals surface area contributed by atoms with Gasteiger partial charge in [-0.3, -0.25) is 9.48 Å². The molecule has 6 heteroatoms. The Kier molecular flexibility index (Phi) is 4.13. The van der Waals surface area contributed by atoms with Crippen molar-refractivity contribution in [2.45, 2.75) is 6.92 Å². The Morgan fingerprint density at radius 2 is 2.30 bits per heavy atom. The minimum absolute atomic E-state index is 0.206. The summed E-state index contributed by atoms with van der Waals surface area (Å²) in [5.74, 6) is 4.93. The van der Waals surface area contributed by atoms with Gasteiger partial charge < -0.3 is 10.4 Å². The second-order valence-electron chi connectivity index (χ2n) is 4.15.